The van der Waals surface area contributed by atoms with E-state index in [1.807, 2.05) is 0 Å². The molecule has 2 aliphatic heterocycles. The minimum Gasteiger partial charge on any atom is -0.384 e. The van der Waals surface area contributed by atoms with Crippen molar-refractivity contribution in [1.29, 1.82) is 0 Å². The van der Waals surface area contributed by atoms with Crippen LogP contribution >= 0.6 is 11.8 Å². The Morgan fingerprint density at radius 1 is 0.967 bits per heavy atom. The molecule has 2 aliphatic rings. The smallest absolute Gasteiger partial charge is 0.161 e. The molecule has 1 aromatic heterocycles. The molecule has 0 spiro atoms. The van der Waals surface area contributed by atoms with Crippen LogP contribution in [0.25, 0.3) is 11.4 Å². The van der Waals surface area contributed by atoms with Gasteiger partial charge in [0.1, 0.15) is 5.82 Å². The monoisotopic (exact) mass is 429 g/mol. The van der Waals surface area contributed by atoms with E-state index in [2.05, 4.69) is 51.7 Å². The number of thioether (sulfide) groups is 1. The number of benzene rings is 1. The number of aromatic nitrogens is 2. The first-order chi connectivity index (χ1) is 14.8. The van der Waals surface area contributed by atoms with E-state index in [0.29, 0.717) is 0 Å². The van der Waals surface area contributed by atoms with Crippen molar-refractivity contribution in [2.75, 3.05) is 82.2 Å². The first kappa shape index (κ1) is 21.4. The molecule has 162 valence electrons. The zero-order valence-corrected chi connectivity index (χ0v) is 18.5. The molecule has 7 nitrogen and oxygen atoms in total. The van der Waals surface area contributed by atoms with Crippen LogP contribution in [0.1, 0.15) is 5.69 Å². The van der Waals surface area contributed by atoms with Crippen LogP contribution in [0, 0.1) is 0 Å². The molecular formula is C22H31N5O2S. The molecule has 30 heavy (non-hydrogen) atoms. The molecule has 4 rings (SSSR count). The average molecular weight is 430 g/mol. The van der Waals surface area contributed by atoms with Crippen LogP contribution in [0.4, 0.5) is 11.5 Å². The topological polar surface area (TPSA) is 62.8 Å². The highest BCUT2D eigenvalue weighted by molar-refractivity contribution is 7.97. The van der Waals surface area contributed by atoms with Crippen molar-refractivity contribution >= 4 is 23.3 Å². The van der Waals surface area contributed by atoms with Crippen LogP contribution in [0.3, 0.4) is 0 Å². The van der Waals surface area contributed by atoms with Gasteiger partial charge < -0.3 is 19.7 Å². The Kier molecular flexibility index (Phi) is 7.80. The lowest BCUT2D eigenvalue weighted by Gasteiger charge is -2.28. The maximum atomic E-state index is 5.49. The maximum Gasteiger partial charge on any atom is 0.161 e. The molecule has 3 heterocycles. The fourth-order valence-corrected chi connectivity index (χ4v) is 4.15. The van der Waals surface area contributed by atoms with E-state index >= 15 is 0 Å². The number of ether oxygens (including phenoxy) is 2. The van der Waals surface area contributed by atoms with E-state index < -0.39 is 0 Å². The van der Waals surface area contributed by atoms with E-state index in [1.165, 1.54) is 0 Å². The van der Waals surface area contributed by atoms with E-state index in [-0.39, 0.29) is 0 Å². The quantitative estimate of drug-likeness (QED) is 0.687. The molecule has 1 aromatic carbocycles. The van der Waals surface area contributed by atoms with E-state index in [4.69, 9.17) is 19.4 Å². The summed E-state index contributed by atoms with van der Waals surface area (Å²) in [6, 6.07) is 10.6. The number of hydrogen-bond acceptors (Lipinski definition) is 8. The number of rotatable bonds is 8. The lowest BCUT2D eigenvalue weighted by Crippen LogP contribution is -2.38. The first-order valence-electron chi connectivity index (χ1n) is 10.7. The van der Waals surface area contributed by atoms with Gasteiger partial charge in [-0.2, -0.15) is 11.8 Å². The van der Waals surface area contributed by atoms with Gasteiger partial charge in [-0.05, 0) is 30.5 Å². The van der Waals surface area contributed by atoms with Crippen LogP contribution in [-0.2, 0) is 15.2 Å². The van der Waals surface area contributed by atoms with Gasteiger partial charge in [0.05, 0.1) is 32.1 Å². The van der Waals surface area contributed by atoms with Gasteiger partial charge in [-0.25, -0.2) is 9.97 Å². The van der Waals surface area contributed by atoms with Crippen molar-refractivity contribution in [3.63, 3.8) is 0 Å². The molecule has 2 fully saturated rings. The molecule has 0 amide bonds. The zero-order valence-electron chi connectivity index (χ0n) is 17.7. The summed E-state index contributed by atoms with van der Waals surface area (Å²) in [7, 11) is 0. The van der Waals surface area contributed by atoms with Gasteiger partial charge in [0.15, 0.2) is 5.82 Å². The number of nitrogens with one attached hydrogen (secondary N) is 1. The van der Waals surface area contributed by atoms with Gasteiger partial charge in [0.2, 0.25) is 0 Å². The summed E-state index contributed by atoms with van der Waals surface area (Å²) in [4.78, 5) is 14.4. The highest BCUT2D eigenvalue weighted by Gasteiger charge is 2.16. The Morgan fingerprint density at radius 3 is 2.37 bits per heavy atom. The van der Waals surface area contributed by atoms with Gasteiger partial charge >= 0.3 is 0 Å². The molecule has 0 saturated carbocycles. The number of morpholine rings is 2. The molecule has 0 unspecified atom stereocenters. The largest absolute Gasteiger partial charge is 0.384 e. The average Bonchev–Trinajstić information content (AvgIpc) is 2.81. The highest BCUT2D eigenvalue weighted by Crippen LogP contribution is 2.24. The second-order valence-electron chi connectivity index (χ2n) is 7.53. The molecule has 0 radical (unpaired) electrons. The van der Waals surface area contributed by atoms with Gasteiger partial charge in [0, 0.05) is 62.3 Å². The molecule has 0 bridgehead atoms. The van der Waals surface area contributed by atoms with E-state index in [0.717, 1.165) is 100 Å². The van der Waals surface area contributed by atoms with Gasteiger partial charge in [0.25, 0.3) is 0 Å². The summed E-state index contributed by atoms with van der Waals surface area (Å²) in [6.07, 6.45) is 2.10. The normalized spacial score (nSPS) is 17.8. The maximum absolute atomic E-state index is 5.49. The van der Waals surface area contributed by atoms with Crippen molar-refractivity contribution < 1.29 is 9.47 Å². The number of nitrogens with zero attached hydrogens (tertiary/aromatic N) is 4. The fourth-order valence-electron chi connectivity index (χ4n) is 3.71. The van der Waals surface area contributed by atoms with E-state index in [9.17, 15) is 0 Å². The van der Waals surface area contributed by atoms with Crippen molar-refractivity contribution in [3.05, 3.63) is 36.0 Å². The Balaban J connectivity index is 1.42. The summed E-state index contributed by atoms with van der Waals surface area (Å²) in [5.41, 5.74) is 3.24. The Hall–Kier alpha value is -1.87. The van der Waals surface area contributed by atoms with Crippen molar-refractivity contribution in [1.82, 2.24) is 14.9 Å². The molecular weight excluding hydrogens is 398 g/mol. The molecule has 2 aromatic rings. The first-order valence-corrected chi connectivity index (χ1v) is 12.1. The predicted molar refractivity (Wildman–Crippen MR) is 123 cm³/mol. The second-order valence-corrected chi connectivity index (χ2v) is 8.40. The van der Waals surface area contributed by atoms with Crippen molar-refractivity contribution in [2.45, 2.75) is 5.75 Å². The Morgan fingerprint density at radius 2 is 1.67 bits per heavy atom. The van der Waals surface area contributed by atoms with Crippen LogP contribution in [0.15, 0.2) is 30.3 Å². The minimum absolute atomic E-state index is 0.752. The summed E-state index contributed by atoms with van der Waals surface area (Å²) < 4.78 is 10.9. The molecule has 0 atom stereocenters. The summed E-state index contributed by atoms with van der Waals surface area (Å²) >= 11 is 1.78. The highest BCUT2D eigenvalue weighted by atomic mass is 32.2. The zero-order chi connectivity index (χ0) is 20.6. The Labute approximate surface area is 183 Å². The second kappa shape index (κ2) is 10.9. The standard InChI is InChI=1S/C22H31N5O2S/c1-30-17-20-16-21(27-10-14-29-15-11-27)25-22(24-20)18-2-4-19(5-3-18)23-6-7-26-8-12-28-13-9-26/h2-5,16,23H,6-15,17H2,1H3. The molecule has 1 N–H and O–H groups in total. The fraction of sp³-hybridized carbons (Fsp3) is 0.545. The van der Waals surface area contributed by atoms with Crippen molar-refractivity contribution in [3.8, 4) is 11.4 Å². The van der Waals surface area contributed by atoms with Crippen LogP contribution in [-0.4, -0.2) is 86.8 Å². The van der Waals surface area contributed by atoms with Crippen molar-refractivity contribution in [2.24, 2.45) is 0 Å². The molecule has 8 heteroatoms. The third-order valence-electron chi connectivity index (χ3n) is 5.40. The summed E-state index contributed by atoms with van der Waals surface area (Å²) in [6.45, 7) is 8.96. The Bertz CT molecular complexity index is 793. The SMILES string of the molecule is CSCc1cc(N2CCOCC2)nc(-c2ccc(NCCN3CCOCC3)cc2)n1. The van der Waals surface area contributed by atoms with Crippen LogP contribution < -0.4 is 10.2 Å². The third-order valence-corrected chi connectivity index (χ3v) is 5.98. The van der Waals surface area contributed by atoms with E-state index in [1.54, 1.807) is 11.8 Å². The lowest BCUT2D eigenvalue weighted by atomic mass is 10.2. The number of hydrogen-bond donors (Lipinski definition) is 1. The minimum atomic E-state index is 0.752. The summed E-state index contributed by atoms with van der Waals surface area (Å²) in [5.74, 6) is 2.68. The molecule has 0 aliphatic carbocycles. The van der Waals surface area contributed by atoms with Gasteiger partial charge in [-0.15, -0.1) is 0 Å². The van der Waals surface area contributed by atoms with Gasteiger partial charge in [-0.1, -0.05) is 0 Å². The summed E-state index contributed by atoms with van der Waals surface area (Å²) in [5, 5.41) is 3.52. The van der Waals surface area contributed by atoms with Gasteiger partial charge in [-0.3, -0.25) is 4.90 Å². The van der Waals surface area contributed by atoms with Crippen LogP contribution in [0.2, 0.25) is 0 Å². The third kappa shape index (κ3) is 5.85. The lowest BCUT2D eigenvalue weighted by molar-refractivity contribution is 0.0398. The predicted octanol–water partition coefficient (Wildman–Crippen LogP) is 2.59. The molecule has 2 saturated heterocycles. The number of anilines is 2. The van der Waals surface area contributed by atoms with Crippen LogP contribution in [0.5, 0.6) is 0 Å².